The highest BCUT2D eigenvalue weighted by Crippen LogP contribution is 2.17. The van der Waals surface area contributed by atoms with Crippen LogP contribution in [0.3, 0.4) is 0 Å². The number of likely N-dealkylation sites (tertiary alicyclic amines) is 1. The topological polar surface area (TPSA) is 3.24 Å². The Hall–Kier alpha value is -0.630. The fraction of sp³-hybridized carbons (Fsp3) is 0.600. The Kier molecular flexibility index (Phi) is 3.48. The van der Waals surface area contributed by atoms with Gasteiger partial charge in [-0.2, -0.15) is 0 Å². The molecule has 0 spiro atoms. The van der Waals surface area contributed by atoms with Gasteiger partial charge in [0.25, 0.3) is 0 Å². The number of halogens is 1. The predicted octanol–water partition coefficient (Wildman–Crippen LogP) is 2.37. The van der Waals surface area contributed by atoms with Gasteiger partial charge in [-0.25, -0.2) is 4.39 Å². The average molecular weight is 169 g/mol. The zero-order valence-corrected chi connectivity index (χ0v) is 7.76. The van der Waals surface area contributed by atoms with Crippen LogP contribution in [0, 0.1) is 5.92 Å². The van der Waals surface area contributed by atoms with E-state index in [-0.39, 0.29) is 5.83 Å². The standard InChI is InChI=1S/C10H16FN/c1-3-10(11)6-4-5-9-7-12(2)8-9/h3-4,6,9H,5,7-8H2,1-2H3/b6-4-,10-3+. The van der Waals surface area contributed by atoms with Crippen molar-refractivity contribution in [1.82, 2.24) is 4.90 Å². The second-order valence-electron chi connectivity index (χ2n) is 3.40. The third-order valence-corrected chi connectivity index (χ3v) is 2.16. The van der Waals surface area contributed by atoms with Crippen LogP contribution in [0.15, 0.2) is 24.1 Å². The van der Waals surface area contributed by atoms with Crippen LogP contribution in [0.2, 0.25) is 0 Å². The molecule has 12 heavy (non-hydrogen) atoms. The molecule has 0 radical (unpaired) electrons. The first-order valence-electron chi connectivity index (χ1n) is 4.39. The number of hydrogen-bond donors (Lipinski definition) is 0. The Bertz CT molecular complexity index is 190. The SMILES string of the molecule is C/C=C(F)\C=C/CC1CN(C)C1. The van der Waals surface area contributed by atoms with Crippen molar-refractivity contribution in [3.8, 4) is 0 Å². The molecule has 0 atom stereocenters. The van der Waals surface area contributed by atoms with Gasteiger partial charge in [-0.05, 0) is 32.4 Å². The summed E-state index contributed by atoms with van der Waals surface area (Å²) in [6.45, 7) is 4.01. The van der Waals surface area contributed by atoms with Crippen molar-refractivity contribution in [3.63, 3.8) is 0 Å². The quantitative estimate of drug-likeness (QED) is 0.586. The summed E-state index contributed by atoms with van der Waals surface area (Å²) in [5.74, 6) is 0.610. The summed E-state index contributed by atoms with van der Waals surface area (Å²) in [5.41, 5.74) is 0. The van der Waals surface area contributed by atoms with E-state index in [1.54, 1.807) is 13.0 Å². The molecule has 1 saturated heterocycles. The monoisotopic (exact) mass is 169 g/mol. The molecule has 1 nitrogen and oxygen atoms in total. The maximum atomic E-state index is 12.5. The van der Waals surface area contributed by atoms with Gasteiger partial charge in [0.2, 0.25) is 0 Å². The summed E-state index contributed by atoms with van der Waals surface area (Å²) in [6, 6.07) is 0. The lowest BCUT2D eigenvalue weighted by atomic mass is 9.97. The van der Waals surface area contributed by atoms with Gasteiger partial charge in [0, 0.05) is 13.1 Å². The smallest absolute Gasteiger partial charge is 0.118 e. The van der Waals surface area contributed by atoms with Gasteiger partial charge >= 0.3 is 0 Å². The van der Waals surface area contributed by atoms with Gasteiger partial charge in [-0.15, -0.1) is 0 Å². The molecule has 2 heteroatoms. The molecule has 1 heterocycles. The van der Waals surface area contributed by atoms with Gasteiger partial charge in [0.15, 0.2) is 0 Å². The molecule has 0 aromatic rings. The Labute approximate surface area is 73.6 Å². The van der Waals surface area contributed by atoms with Crippen molar-refractivity contribution in [2.45, 2.75) is 13.3 Å². The molecule has 0 aromatic carbocycles. The molecule has 1 aliphatic heterocycles. The first-order chi connectivity index (χ1) is 5.72. The Morgan fingerprint density at radius 1 is 1.58 bits per heavy atom. The van der Waals surface area contributed by atoms with Crippen LogP contribution in [0.5, 0.6) is 0 Å². The fourth-order valence-electron chi connectivity index (χ4n) is 1.45. The average Bonchev–Trinajstić information content (AvgIpc) is 2.01. The highest BCUT2D eigenvalue weighted by molar-refractivity contribution is 5.10. The third-order valence-electron chi connectivity index (χ3n) is 2.16. The molecular weight excluding hydrogens is 153 g/mol. The minimum absolute atomic E-state index is 0.136. The lowest BCUT2D eigenvalue weighted by Crippen LogP contribution is -2.43. The number of nitrogens with zero attached hydrogens (tertiary/aromatic N) is 1. The minimum Gasteiger partial charge on any atom is -0.306 e. The maximum Gasteiger partial charge on any atom is 0.118 e. The van der Waals surface area contributed by atoms with E-state index in [4.69, 9.17) is 0 Å². The third kappa shape index (κ3) is 2.78. The van der Waals surface area contributed by atoms with Crippen molar-refractivity contribution < 1.29 is 4.39 Å². The number of allylic oxidation sites excluding steroid dienone is 4. The van der Waals surface area contributed by atoms with E-state index in [2.05, 4.69) is 11.9 Å². The molecule has 1 fully saturated rings. The van der Waals surface area contributed by atoms with Crippen molar-refractivity contribution >= 4 is 0 Å². The molecule has 0 bridgehead atoms. The molecule has 0 N–H and O–H groups in total. The van der Waals surface area contributed by atoms with E-state index in [1.165, 1.54) is 6.08 Å². The summed E-state index contributed by atoms with van der Waals surface area (Å²) >= 11 is 0. The summed E-state index contributed by atoms with van der Waals surface area (Å²) in [5, 5.41) is 0. The summed E-state index contributed by atoms with van der Waals surface area (Å²) in [4.78, 5) is 2.27. The second kappa shape index (κ2) is 4.41. The van der Waals surface area contributed by atoms with Gasteiger partial charge < -0.3 is 4.90 Å². The lowest BCUT2D eigenvalue weighted by Gasteiger charge is -2.35. The molecule has 68 valence electrons. The minimum atomic E-state index is -0.136. The largest absolute Gasteiger partial charge is 0.306 e. The van der Waals surface area contributed by atoms with Crippen molar-refractivity contribution in [3.05, 3.63) is 24.1 Å². The molecular formula is C10H16FN. The van der Waals surface area contributed by atoms with Gasteiger partial charge in [-0.3, -0.25) is 0 Å². The van der Waals surface area contributed by atoms with Crippen LogP contribution in [0.25, 0.3) is 0 Å². The summed E-state index contributed by atoms with van der Waals surface area (Å²) in [6.07, 6.45) is 5.96. The van der Waals surface area contributed by atoms with Gasteiger partial charge in [-0.1, -0.05) is 12.2 Å². The molecule has 0 saturated carbocycles. The van der Waals surface area contributed by atoms with Crippen molar-refractivity contribution in [2.24, 2.45) is 5.92 Å². The molecule has 0 aliphatic carbocycles. The molecule has 1 rings (SSSR count). The van der Waals surface area contributed by atoms with Crippen LogP contribution in [-0.2, 0) is 0 Å². The maximum absolute atomic E-state index is 12.5. The number of hydrogen-bond acceptors (Lipinski definition) is 1. The molecule has 0 unspecified atom stereocenters. The molecule has 0 aromatic heterocycles. The lowest BCUT2D eigenvalue weighted by molar-refractivity contribution is 0.137. The van der Waals surface area contributed by atoms with Crippen LogP contribution in [-0.4, -0.2) is 25.0 Å². The Morgan fingerprint density at radius 3 is 2.75 bits per heavy atom. The van der Waals surface area contributed by atoms with Crippen LogP contribution in [0.1, 0.15) is 13.3 Å². The van der Waals surface area contributed by atoms with Crippen LogP contribution >= 0.6 is 0 Å². The Morgan fingerprint density at radius 2 is 2.25 bits per heavy atom. The van der Waals surface area contributed by atoms with Gasteiger partial charge in [0.05, 0.1) is 0 Å². The highest BCUT2D eigenvalue weighted by atomic mass is 19.1. The van der Waals surface area contributed by atoms with Gasteiger partial charge in [0.1, 0.15) is 5.83 Å². The highest BCUT2D eigenvalue weighted by Gasteiger charge is 2.20. The van der Waals surface area contributed by atoms with E-state index < -0.39 is 0 Å². The number of rotatable bonds is 3. The van der Waals surface area contributed by atoms with E-state index in [1.807, 2.05) is 6.08 Å². The van der Waals surface area contributed by atoms with Crippen molar-refractivity contribution in [1.29, 1.82) is 0 Å². The summed E-state index contributed by atoms with van der Waals surface area (Å²) < 4.78 is 12.5. The van der Waals surface area contributed by atoms with E-state index in [9.17, 15) is 4.39 Å². The van der Waals surface area contributed by atoms with Crippen molar-refractivity contribution in [2.75, 3.05) is 20.1 Å². The first kappa shape index (κ1) is 9.46. The summed E-state index contributed by atoms with van der Waals surface area (Å²) in [7, 11) is 2.10. The van der Waals surface area contributed by atoms with Crippen LogP contribution in [0.4, 0.5) is 4.39 Å². The first-order valence-corrected chi connectivity index (χ1v) is 4.39. The molecule has 0 amide bonds. The Balaban J connectivity index is 2.13. The van der Waals surface area contributed by atoms with Crippen LogP contribution < -0.4 is 0 Å². The van der Waals surface area contributed by atoms with E-state index in [0.29, 0.717) is 0 Å². The zero-order chi connectivity index (χ0) is 8.97. The van der Waals surface area contributed by atoms with E-state index in [0.717, 1.165) is 25.4 Å². The normalized spacial score (nSPS) is 21.8. The predicted molar refractivity (Wildman–Crippen MR) is 49.6 cm³/mol. The zero-order valence-electron chi connectivity index (χ0n) is 7.76. The van der Waals surface area contributed by atoms with E-state index >= 15 is 0 Å². The fourth-order valence-corrected chi connectivity index (χ4v) is 1.45. The molecule has 1 aliphatic rings. The second-order valence-corrected chi connectivity index (χ2v) is 3.40.